The van der Waals surface area contributed by atoms with Crippen molar-refractivity contribution < 1.29 is 10.0 Å². The van der Waals surface area contributed by atoms with E-state index in [9.17, 15) is 10.0 Å². The van der Waals surface area contributed by atoms with Crippen LogP contribution in [0.5, 0.6) is 0 Å². The number of rotatable bonds is 9. The fourth-order valence-electron chi connectivity index (χ4n) is 2.92. The molecular weight excluding hydrogens is 314 g/mol. The van der Waals surface area contributed by atoms with E-state index in [1.54, 1.807) is 6.20 Å². The number of urea groups is 1. The van der Waals surface area contributed by atoms with Gasteiger partial charge in [-0.1, -0.05) is 49.2 Å². The number of hydrogen-bond donors (Lipinski definition) is 2. The highest BCUT2D eigenvalue weighted by atomic mass is 16.5. The lowest BCUT2D eigenvalue weighted by atomic mass is 9.88. The van der Waals surface area contributed by atoms with Crippen molar-refractivity contribution in [1.82, 2.24) is 15.4 Å². The van der Waals surface area contributed by atoms with Crippen LogP contribution < -0.4 is 5.32 Å². The number of carbonyl (C=O) groups is 1. The lowest BCUT2D eigenvalue weighted by molar-refractivity contribution is -0.0439. The third-order valence-corrected chi connectivity index (χ3v) is 4.21. The molecule has 1 atom stereocenters. The van der Waals surface area contributed by atoms with E-state index in [0.717, 1.165) is 30.7 Å². The lowest BCUT2D eigenvalue weighted by Crippen LogP contribution is -2.38. The number of nitrogens with zero attached hydrogens (tertiary/aromatic N) is 2. The second kappa shape index (κ2) is 10.5. The first-order valence-electron chi connectivity index (χ1n) is 8.91. The molecule has 2 amide bonds. The van der Waals surface area contributed by atoms with Crippen LogP contribution in [0.2, 0.25) is 0 Å². The minimum absolute atomic E-state index is 0.323. The van der Waals surface area contributed by atoms with Gasteiger partial charge in [-0.05, 0) is 37.0 Å². The number of carbonyl (C=O) groups excluding carboxylic acids is 1. The van der Waals surface area contributed by atoms with Crippen molar-refractivity contribution in [2.75, 3.05) is 13.1 Å². The number of hydrogen-bond acceptors (Lipinski definition) is 3. The van der Waals surface area contributed by atoms with Gasteiger partial charge in [0.1, 0.15) is 0 Å². The van der Waals surface area contributed by atoms with Crippen molar-refractivity contribution in [3.63, 3.8) is 0 Å². The standard InChI is InChI=1S/C20H27N3O2/c1-2-22-20(24)23(25)15-8-4-7-13-19(17-10-5-3-6-11-17)18-12-9-14-21-16-18/h3,5-6,9-12,14,16,19,25H,2,4,7-8,13,15H2,1H3,(H,22,24). The Morgan fingerprint density at radius 1 is 1.12 bits per heavy atom. The molecule has 2 rings (SSSR count). The Kier molecular flexibility index (Phi) is 7.92. The predicted octanol–water partition coefficient (Wildman–Crippen LogP) is 4.19. The summed E-state index contributed by atoms with van der Waals surface area (Å²) in [7, 11) is 0. The van der Waals surface area contributed by atoms with Crippen LogP contribution in [-0.4, -0.2) is 34.4 Å². The molecule has 0 aliphatic heterocycles. The molecule has 0 aliphatic rings. The van der Waals surface area contributed by atoms with Crippen LogP contribution in [-0.2, 0) is 0 Å². The maximum Gasteiger partial charge on any atom is 0.341 e. The van der Waals surface area contributed by atoms with E-state index in [1.807, 2.05) is 25.3 Å². The van der Waals surface area contributed by atoms with Crippen molar-refractivity contribution in [2.45, 2.75) is 38.5 Å². The summed E-state index contributed by atoms with van der Waals surface area (Å²) in [5.74, 6) is 0.323. The fourth-order valence-corrected chi connectivity index (χ4v) is 2.92. The van der Waals surface area contributed by atoms with Crippen LogP contribution in [0.4, 0.5) is 4.79 Å². The SMILES string of the molecule is CCNC(=O)N(O)CCCCCC(c1ccccc1)c1cccnc1. The fraction of sp³-hybridized carbons (Fsp3) is 0.400. The highest BCUT2D eigenvalue weighted by Gasteiger charge is 2.14. The van der Waals surface area contributed by atoms with Crippen molar-refractivity contribution in [2.24, 2.45) is 0 Å². The van der Waals surface area contributed by atoms with Gasteiger partial charge < -0.3 is 5.32 Å². The molecule has 2 N–H and O–H groups in total. The molecular formula is C20H27N3O2. The molecule has 0 saturated heterocycles. The summed E-state index contributed by atoms with van der Waals surface area (Å²) in [5.41, 5.74) is 2.52. The topological polar surface area (TPSA) is 65.5 Å². The monoisotopic (exact) mass is 341 g/mol. The number of unbranched alkanes of at least 4 members (excludes halogenated alkanes) is 2. The molecule has 5 nitrogen and oxygen atoms in total. The van der Waals surface area contributed by atoms with Crippen molar-refractivity contribution in [3.8, 4) is 0 Å². The van der Waals surface area contributed by atoms with E-state index < -0.39 is 6.03 Å². The first-order valence-corrected chi connectivity index (χ1v) is 8.91. The molecule has 1 heterocycles. The quantitative estimate of drug-likeness (QED) is 0.408. The van der Waals surface area contributed by atoms with Crippen LogP contribution in [0.1, 0.15) is 49.7 Å². The molecule has 134 valence electrons. The molecule has 5 heteroatoms. The molecule has 0 aliphatic carbocycles. The van der Waals surface area contributed by atoms with E-state index in [-0.39, 0.29) is 0 Å². The van der Waals surface area contributed by atoms with Crippen LogP contribution in [0.15, 0.2) is 54.9 Å². The molecule has 0 spiro atoms. The first kappa shape index (κ1) is 18.9. The van der Waals surface area contributed by atoms with Crippen molar-refractivity contribution in [1.29, 1.82) is 0 Å². The molecule has 2 aromatic rings. The summed E-state index contributed by atoms with van der Waals surface area (Å²) in [6.45, 7) is 2.70. The van der Waals surface area contributed by atoms with Crippen LogP contribution >= 0.6 is 0 Å². The van der Waals surface area contributed by atoms with Crippen LogP contribution in [0.3, 0.4) is 0 Å². The van der Waals surface area contributed by atoms with Gasteiger partial charge in [0.2, 0.25) is 0 Å². The largest absolute Gasteiger partial charge is 0.341 e. The van der Waals surface area contributed by atoms with E-state index in [1.165, 1.54) is 11.1 Å². The summed E-state index contributed by atoms with van der Waals surface area (Å²) in [4.78, 5) is 15.7. The van der Waals surface area contributed by atoms with Crippen molar-refractivity contribution in [3.05, 3.63) is 66.0 Å². The number of nitrogens with one attached hydrogen (secondary N) is 1. The molecule has 1 aromatic carbocycles. The Morgan fingerprint density at radius 3 is 2.56 bits per heavy atom. The number of aromatic nitrogens is 1. The number of benzene rings is 1. The zero-order valence-corrected chi connectivity index (χ0v) is 14.8. The highest BCUT2D eigenvalue weighted by Crippen LogP contribution is 2.29. The smallest absolute Gasteiger partial charge is 0.336 e. The third kappa shape index (κ3) is 6.19. The molecule has 0 fully saturated rings. The van der Waals surface area contributed by atoms with Gasteiger partial charge in [-0.3, -0.25) is 10.2 Å². The van der Waals surface area contributed by atoms with Crippen molar-refractivity contribution >= 4 is 6.03 Å². The summed E-state index contributed by atoms with van der Waals surface area (Å²) >= 11 is 0. The van der Waals surface area contributed by atoms with E-state index in [4.69, 9.17) is 0 Å². The number of hydroxylamine groups is 2. The molecule has 0 bridgehead atoms. The van der Waals surface area contributed by atoms with Gasteiger partial charge in [-0.15, -0.1) is 0 Å². The Balaban J connectivity index is 1.84. The minimum Gasteiger partial charge on any atom is -0.336 e. The lowest BCUT2D eigenvalue weighted by Gasteiger charge is -2.18. The Hall–Kier alpha value is -2.40. The Bertz CT molecular complexity index is 580. The summed E-state index contributed by atoms with van der Waals surface area (Å²) in [6, 6.07) is 14.1. The van der Waals surface area contributed by atoms with Gasteiger partial charge in [0.05, 0.1) is 6.54 Å². The summed E-state index contributed by atoms with van der Waals surface area (Å²) in [5, 5.41) is 13.0. The minimum atomic E-state index is -0.431. The highest BCUT2D eigenvalue weighted by molar-refractivity contribution is 5.72. The maximum atomic E-state index is 11.4. The van der Waals surface area contributed by atoms with Gasteiger partial charge in [0.15, 0.2) is 0 Å². The summed E-state index contributed by atoms with van der Waals surface area (Å²) in [6.07, 6.45) is 7.51. The third-order valence-electron chi connectivity index (χ3n) is 4.21. The zero-order valence-electron chi connectivity index (χ0n) is 14.8. The first-order chi connectivity index (χ1) is 12.2. The molecule has 25 heavy (non-hydrogen) atoms. The van der Waals surface area contributed by atoms with E-state index in [0.29, 0.717) is 19.0 Å². The predicted molar refractivity (Wildman–Crippen MR) is 98.6 cm³/mol. The van der Waals surface area contributed by atoms with Crippen LogP contribution in [0.25, 0.3) is 0 Å². The number of amides is 2. The average molecular weight is 341 g/mol. The Labute approximate surface area is 149 Å². The van der Waals surface area contributed by atoms with Gasteiger partial charge in [-0.25, -0.2) is 9.86 Å². The second-order valence-electron chi connectivity index (χ2n) is 6.06. The molecule has 0 saturated carbocycles. The number of pyridine rings is 1. The molecule has 1 aromatic heterocycles. The van der Waals surface area contributed by atoms with E-state index >= 15 is 0 Å². The Morgan fingerprint density at radius 2 is 1.88 bits per heavy atom. The average Bonchev–Trinajstić information content (AvgIpc) is 2.66. The summed E-state index contributed by atoms with van der Waals surface area (Å²) < 4.78 is 0. The van der Waals surface area contributed by atoms with Gasteiger partial charge in [0, 0.05) is 24.9 Å². The second-order valence-corrected chi connectivity index (χ2v) is 6.06. The zero-order chi connectivity index (χ0) is 17.9. The maximum absolute atomic E-state index is 11.4. The van der Waals surface area contributed by atoms with Crippen LogP contribution in [0, 0.1) is 0 Å². The molecule has 1 unspecified atom stereocenters. The normalized spacial score (nSPS) is 11.8. The van der Waals surface area contributed by atoms with Gasteiger partial charge in [0.25, 0.3) is 0 Å². The van der Waals surface area contributed by atoms with Gasteiger partial charge in [-0.2, -0.15) is 0 Å². The molecule has 0 radical (unpaired) electrons. The van der Waals surface area contributed by atoms with Gasteiger partial charge >= 0.3 is 6.03 Å². The van der Waals surface area contributed by atoms with E-state index in [2.05, 4.69) is 40.6 Å².